The van der Waals surface area contributed by atoms with Crippen molar-refractivity contribution in [1.82, 2.24) is 0 Å². The van der Waals surface area contributed by atoms with Crippen molar-refractivity contribution in [3.8, 4) is 0 Å². The molecule has 0 radical (unpaired) electrons. The highest BCUT2D eigenvalue weighted by Gasteiger charge is 2.33. The van der Waals surface area contributed by atoms with Crippen LogP contribution in [0.2, 0.25) is 0 Å². The molecule has 6 heteroatoms. The highest BCUT2D eigenvalue weighted by molar-refractivity contribution is 7.87. The van der Waals surface area contributed by atoms with Gasteiger partial charge in [-0.25, -0.2) is 0 Å². The second-order valence-corrected chi connectivity index (χ2v) is 11.5. The molecule has 0 saturated carbocycles. The number of nitrogens with one attached hydrogen (secondary N) is 1. The van der Waals surface area contributed by atoms with E-state index in [1.165, 1.54) is 11.6 Å². The summed E-state index contributed by atoms with van der Waals surface area (Å²) in [5, 5.41) is 2.71. The van der Waals surface area contributed by atoms with E-state index in [9.17, 15) is 13.2 Å². The Morgan fingerprint density at radius 1 is 0.969 bits per heavy atom. The molecule has 0 aliphatic rings. The van der Waals surface area contributed by atoms with Crippen molar-refractivity contribution in [2.75, 3.05) is 12.4 Å². The highest BCUT2D eigenvalue weighted by atomic mass is 32.2. The number of carbonyl (C=O) groups excluding carboxylic acids is 1. The van der Waals surface area contributed by atoms with Crippen LogP contribution in [0.3, 0.4) is 0 Å². The molecular formula is C26H37NO4S. The first-order chi connectivity index (χ1) is 14.9. The van der Waals surface area contributed by atoms with Crippen molar-refractivity contribution in [3.63, 3.8) is 0 Å². The lowest BCUT2D eigenvalue weighted by atomic mass is 9.66. The predicted octanol–water partition coefficient (Wildman–Crippen LogP) is 6.62. The SMILES string of the molecule is CCC(C)(C)CC(c1ccc(C(=O)Nc2ccccc2S(=O)(=O)OC)cc1)C(C)(C)CC. The first kappa shape index (κ1) is 26.1. The van der Waals surface area contributed by atoms with Gasteiger partial charge in [-0.1, -0.05) is 78.6 Å². The van der Waals surface area contributed by atoms with Crippen LogP contribution in [-0.4, -0.2) is 21.4 Å². The number of hydrogen-bond acceptors (Lipinski definition) is 4. The van der Waals surface area contributed by atoms with E-state index in [0.29, 0.717) is 11.5 Å². The zero-order valence-corrected chi connectivity index (χ0v) is 21.2. The van der Waals surface area contributed by atoms with Crippen LogP contribution in [-0.2, 0) is 14.3 Å². The molecule has 2 rings (SSSR count). The molecule has 0 saturated heterocycles. The van der Waals surface area contributed by atoms with Crippen LogP contribution >= 0.6 is 0 Å². The lowest BCUT2D eigenvalue weighted by Gasteiger charge is -2.39. The lowest BCUT2D eigenvalue weighted by molar-refractivity contribution is 0.102. The van der Waals surface area contributed by atoms with Crippen molar-refractivity contribution < 1.29 is 17.4 Å². The van der Waals surface area contributed by atoms with E-state index in [-0.39, 0.29) is 27.3 Å². The van der Waals surface area contributed by atoms with Crippen LogP contribution in [0.15, 0.2) is 53.4 Å². The second kappa shape index (κ2) is 10.2. The molecule has 0 fully saturated rings. The highest BCUT2D eigenvalue weighted by Crippen LogP contribution is 2.46. The summed E-state index contributed by atoms with van der Waals surface area (Å²) < 4.78 is 28.9. The van der Waals surface area contributed by atoms with Crippen LogP contribution in [0.5, 0.6) is 0 Å². The first-order valence-electron chi connectivity index (χ1n) is 11.2. The average Bonchev–Trinajstić information content (AvgIpc) is 2.77. The van der Waals surface area contributed by atoms with Crippen molar-refractivity contribution in [2.45, 2.75) is 71.6 Å². The third-order valence-electron chi connectivity index (χ3n) is 6.77. The van der Waals surface area contributed by atoms with Gasteiger partial charge in [0.05, 0.1) is 12.8 Å². The maximum Gasteiger partial charge on any atom is 0.298 e. The summed E-state index contributed by atoms with van der Waals surface area (Å²) in [4.78, 5) is 12.8. The molecule has 2 aromatic rings. The molecule has 176 valence electrons. The Hall–Kier alpha value is -2.18. The van der Waals surface area contributed by atoms with E-state index < -0.39 is 10.1 Å². The number of carbonyl (C=O) groups is 1. The molecule has 1 N–H and O–H groups in total. The van der Waals surface area contributed by atoms with Gasteiger partial charge in [0.15, 0.2) is 0 Å². The van der Waals surface area contributed by atoms with E-state index in [1.807, 2.05) is 24.3 Å². The molecule has 0 bridgehead atoms. The van der Waals surface area contributed by atoms with E-state index in [1.54, 1.807) is 18.2 Å². The summed E-state index contributed by atoms with van der Waals surface area (Å²) in [6.45, 7) is 13.7. The minimum Gasteiger partial charge on any atom is -0.321 e. The zero-order valence-electron chi connectivity index (χ0n) is 20.4. The quantitative estimate of drug-likeness (QED) is 0.405. The Balaban J connectivity index is 2.31. The van der Waals surface area contributed by atoms with Crippen molar-refractivity contribution >= 4 is 21.7 Å². The Bertz CT molecular complexity index is 1020. The van der Waals surface area contributed by atoms with Gasteiger partial charge in [0.1, 0.15) is 4.90 Å². The fourth-order valence-electron chi connectivity index (χ4n) is 3.73. The zero-order chi connectivity index (χ0) is 24.2. The van der Waals surface area contributed by atoms with Crippen LogP contribution in [0.25, 0.3) is 0 Å². The van der Waals surface area contributed by atoms with Crippen molar-refractivity contribution in [3.05, 3.63) is 59.7 Å². The smallest absolute Gasteiger partial charge is 0.298 e. The van der Waals surface area contributed by atoms with Gasteiger partial charge in [0.2, 0.25) is 0 Å². The van der Waals surface area contributed by atoms with Crippen LogP contribution in [0.1, 0.15) is 82.6 Å². The van der Waals surface area contributed by atoms with Gasteiger partial charge in [0.25, 0.3) is 16.0 Å². The number of para-hydroxylation sites is 1. The van der Waals surface area contributed by atoms with E-state index in [4.69, 9.17) is 0 Å². The van der Waals surface area contributed by atoms with Gasteiger partial charge in [-0.15, -0.1) is 0 Å². The summed E-state index contributed by atoms with van der Waals surface area (Å²) in [6.07, 6.45) is 3.23. The Labute approximate surface area is 193 Å². The molecule has 0 spiro atoms. The van der Waals surface area contributed by atoms with E-state index in [2.05, 4.69) is 51.0 Å². The molecule has 1 amide bonds. The number of benzene rings is 2. The number of amides is 1. The molecule has 1 atom stereocenters. The van der Waals surface area contributed by atoms with Gasteiger partial charge < -0.3 is 5.32 Å². The molecule has 5 nitrogen and oxygen atoms in total. The fourth-order valence-corrected chi connectivity index (χ4v) is 4.54. The van der Waals surface area contributed by atoms with Crippen LogP contribution < -0.4 is 5.32 Å². The molecular weight excluding hydrogens is 422 g/mol. The monoisotopic (exact) mass is 459 g/mol. The minimum atomic E-state index is -3.93. The van der Waals surface area contributed by atoms with Gasteiger partial charge in [-0.05, 0) is 53.0 Å². The molecule has 1 unspecified atom stereocenters. The topological polar surface area (TPSA) is 72.5 Å². The lowest BCUT2D eigenvalue weighted by Crippen LogP contribution is -2.27. The summed E-state index contributed by atoms with van der Waals surface area (Å²) in [7, 11) is -2.83. The van der Waals surface area contributed by atoms with Crippen molar-refractivity contribution in [1.29, 1.82) is 0 Å². The Kier molecular flexibility index (Phi) is 8.29. The van der Waals surface area contributed by atoms with Crippen molar-refractivity contribution in [2.24, 2.45) is 10.8 Å². The predicted molar refractivity (Wildman–Crippen MR) is 131 cm³/mol. The molecule has 0 aliphatic heterocycles. The molecule has 2 aromatic carbocycles. The average molecular weight is 460 g/mol. The Morgan fingerprint density at radius 3 is 2.09 bits per heavy atom. The normalized spacial score (nSPS) is 13.6. The summed E-state index contributed by atoms with van der Waals surface area (Å²) >= 11 is 0. The minimum absolute atomic E-state index is 0.0703. The first-order valence-corrected chi connectivity index (χ1v) is 12.6. The molecule has 0 aromatic heterocycles. The maximum absolute atomic E-state index is 12.8. The van der Waals surface area contributed by atoms with Crippen LogP contribution in [0.4, 0.5) is 5.69 Å². The molecule has 0 heterocycles. The van der Waals surface area contributed by atoms with Gasteiger partial charge in [0, 0.05) is 5.56 Å². The third kappa shape index (κ3) is 6.20. The Morgan fingerprint density at radius 2 is 1.56 bits per heavy atom. The molecule has 32 heavy (non-hydrogen) atoms. The summed E-state index contributed by atoms with van der Waals surface area (Å²) in [6, 6.07) is 13.9. The standard InChI is InChI=1S/C26H37NO4S/c1-8-25(3,4)18-21(26(5,6)9-2)19-14-16-20(17-15-19)24(28)27-22-12-10-11-13-23(22)32(29,30)31-7/h10-17,21H,8-9,18H2,1-7H3,(H,27,28). The number of anilines is 1. The van der Waals surface area contributed by atoms with E-state index >= 15 is 0 Å². The van der Waals surface area contributed by atoms with Gasteiger partial charge in [-0.3, -0.25) is 8.98 Å². The number of rotatable bonds is 10. The van der Waals surface area contributed by atoms with Gasteiger partial charge in [-0.2, -0.15) is 8.42 Å². The summed E-state index contributed by atoms with van der Waals surface area (Å²) in [5.41, 5.74) is 2.24. The largest absolute Gasteiger partial charge is 0.321 e. The third-order valence-corrected chi connectivity index (χ3v) is 8.10. The van der Waals surface area contributed by atoms with Crippen LogP contribution in [0, 0.1) is 10.8 Å². The summed E-state index contributed by atoms with van der Waals surface area (Å²) in [5.74, 6) is 0.00243. The van der Waals surface area contributed by atoms with Gasteiger partial charge >= 0.3 is 0 Å². The fraction of sp³-hybridized carbons (Fsp3) is 0.500. The molecule has 0 aliphatic carbocycles. The second-order valence-electron chi connectivity index (χ2n) is 9.81. The number of hydrogen-bond donors (Lipinski definition) is 1. The van der Waals surface area contributed by atoms with E-state index in [0.717, 1.165) is 26.4 Å². The maximum atomic E-state index is 12.8.